The highest BCUT2D eigenvalue weighted by molar-refractivity contribution is 7.17. The van der Waals surface area contributed by atoms with Gasteiger partial charge in [0.25, 0.3) is 35.0 Å². The van der Waals surface area contributed by atoms with Crippen molar-refractivity contribution in [3.05, 3.63) is 113 Å². The quantitative estimate of drug-likeness (QED) is 0.149. The first kappa shape index (κ1) is 34.6. The van der Waals surface area contributed by atoms with Gasteiger partial charge >= 0.3 is 0 Å². The van der Waals surface area contributed by atoms with Crippen LogP contribution in [0, 0.1) is 13.1 Å². The zero-order chi connectivity index (χ0) is 37.8. The summed E-state index contributed by atoms with van der Waals surface area (Å²) in [7, 11) is 2.89. The van der Waals surface area contributed by atoms with Gasteiger partial charge < -0.3 is 0 Å². The highest BCUT2D eigenvalue weighted by Gasteiger charge is 2.50. The van der Waals surface area contributed by atoms with E-state index in [9.17, 15) is 19.2 Å². The van der Waals surface area contributed by atoms with Crippen molar-refractivity contribution in [3.63, 3.8) is 0 Å². The molecule has 8 nitrogen and oxygen atoms in total. The van der Waals surface area contributed by atoms with Crippen LogP contribution in [-0.4, -0.2) is 47.5 Å². The van der Waals surface area contributed by atoms with Crippen LogP contribution in [-0.2, 0) is 30.0 Å². The first-order chi connectivity index (χ1) is 26.0. The Labute approximate surface area is 322 Å². The summed E-state index contributed by atoms with van der Waals surface area (Å²) in [5.41, 5.74) is 9.44. The number of benzene rings is 1. The molecule has 0 saturated heterocycles. The monoisotopic (exact) mass is 750 g/mol. The number of carbonyl (C=O) groups is 4. The third-order valence-electron chi connectivity index (χ3n) is 13.0. The van der Waals surface area contributed by atoms with Crippen molar-refractivity contribution in [2.24, 2.45) is 0 Å². The van der Waals surface area contributed by atoms with Crippen LogP contribution in [0.15, 0.2) is 58.0 Å². The molecule has 1 aromatic carbocycles. The summed E-state index contributed by atoms with van der Waals surface area (Å²) < 4.78 is 0. The Balaban J connectivity index is 1.21. The van der Waals surface area contributed by atoms with Crippen LogP contribution in [0.3, 0.4) is 0 Å². The fourth-order valence-electron chi connectivity index (χ4n) is 10.2. The number of rotatable bonds is 2. The minimum Gasteiger partial charge on any atom is -0.287 e. The van der Waals surface area contributed by atoms with Gasteiger partial charge in [-0.25, -0.2) is 9.69 Å². The Hall–Kier alpha value is -5.16. The van der Waals surface area contributed by atoms with E-state index in [-0.39, 0.29) is 34.0 Å². The number of fused-ring (bicyclic) bond motifs is 10. The SMILES string of the molecule is [C-]#[N+]C1=C(C)/C(=C/c2cc3c(s2)-c2cc4c(cc2C32CCCCC2)-c2sc(/C=C3/C(=O)N(C)C(=O)C([N+]#[C-])=C3C)cc2C42CCCCC2)C(=O)N(C)C1=O. The molecule has 4 aliphatic carbocycles. The van der Waals surface area contributed by atoms with E-state index >= 15 is 0 Å². The van der Waals surface area contributed by atoms with Crippen LogP contribution in [0.25, 0.3) is 42.7 Å². The van der Waals surface area contributed by atoms with E-state index < -0.39 is 11.8 Å². The van der Waals surface area contributed by atoms with Crippen LogP contribution < -0.4 is 0 Å². The van der Waals surface area contributed by atoms with E-state index in [2.05, 4.69) is 34.0 Å². The van der Waals surface area contributed by atoms with Gasteiger partial charge in [0, 0.05) is 55.6 Å². The lowest BCUT2D eigenvalue weighted by Gasteiger charge is -2.37. The molecule has 6 aliphatic rings. The minimum atomic E-state index is -0.552. The second-order valence-corrected chi connectivity index (χ2v) is 17.8. The fraction of sp³-hybridized carbons (Fsp3) is 0.364. The molecule has 2 spiro atoms. The lowest BCUT2D eigenvalue weighted by Crippen LogP contribution is -2.39. The predicted molar refractivity (Wildman–Crippen MR) is 211 cm³/mol. The minimum absolute atomic E-state index is 0.00537. The van der Waals surface area contributed by atoms with Crippen LogP contribution in [0.1, 0.15) is 110 Å². The second kappa shape index (κ2) is 12.2. The lowest BCUT2D eigenvalue weighted by atomic mass is 9.66. The molecule has 0 atom stereocenters. The molecular weight excluding hydrogens is 713 g/mol. The van der Waals surface area contributed by atoms with E-state index in [1.54, 1.807) is 36.5 Å². The lowest BCUT2D eigenvalue weighted by molar-refractivity contribution is -0.140. The van der Waals surface area contributed by atoms with Crippen molar-refractivity contribution in [2.45, 2.75) is 88.9 Å². The Morgan fingerprint density at radius 1 is 0.574 bits per heavy atom. The fourth-order valence-corrected chi connectivity index (χ4v) is 12.6. The van der Waals surface area contributed by atoms with E-state index in [4.69, 9.17) is 13.1 Å². The maximum Gasteiger partial charge on any atom is 0.259 e. The van der Waals surface area contributed by atoms with Crippen LogP contribution in [0.5, 0.6) is 0 Å². The molecule has 4 heterocycles. The van der Waals surface area contributed by atoms with E-state index in [1.807, 2.05) is 12.2 Å². The molecule has 0 radical (unpaired) electrons. The number of likely N-dealkylation sites (N-methyl/N-ethyl adjacent to an activating group) is 2. The average molecular weight is 751 g/mol. The first-order valence-electron chi connectivity index (χ1n) is 18.7. The van der Waals surface area contributed by atoms with Crippen molar-refractivity contribution in [3.8, 4) is 20.9 Å². The third kappa shape index (κ3) is 4.56. The van der Waals surface area contributed by atoms with Gasteiger partial charge in [-0.15, -0.1) is 22.7 Å². The number of nitrogens with zero attached hydrogens (tertiary/aromatic N) is 4. The van der Waals surface area contributed by atoms with Crippen molar-refractivity contribution < 1.29 is 19.2 Å². The molecule has 10 heteroatoms. The molecule has 9 rings (SSSR count). The number of amides is 4. The Bertz CT molecular complexity index is 2340. The van der Waals surface area contributed by atoms with Gasteiger partial charge in [0.1, 0.15) is 0 Å². The Morgan fingerprint density at radius 3 is 1.30 bits per heavy atom. The summed E-state index contributed by atoms with van der Waals surface area (Å²) in [5.74, 6) is -1.86. The average Bonchev–Trinajstić information content (AvgIpc) is 3.91. The van der Waals surface area contributed by atoms with E-state index in [0.29, 0.717) is 22.3 Å². The maximum absolute atomic E-state index is 13.3. The zero-order valence-electron chi connectivity index (χ0n) is 30.8. The topological polar surface area (TPSA) is 83.5 Å². The summed E-state index contributed by atoms with van der Waals surface area (Å²) in [5, 5.41) is 0. The summed E-state index contributed by atoms with van der Waals surface area (Å²) in [6.07, 6.45) is 15.0. The number of carbonyl (C=O) groups excluding carboxylic acids is 4. The molecule has 0 N–H and O–H groups in total. The smallest absolute Gasteiger partial charge is 0.259 e. The predicted octanol–water partition coefficient (Wildman–Crippen LogP) is 9.42. The molecule has 0 bridgehead atoms. The van der Waals surface area contributed by atoms with Crippen molar-refractivity contribution in [1.29, 1.82) is 0 Å². The largest absolute Gasteiger partial charge is 0.287 e. The van der Waals surface area contributed by atoms with Crippen LogP contribution >= 0.6 is 22.7 Å². The molecule has 0 unspecified atom stereocenters. The van der Waals surface area contributed by atoms with Crippen LogP contribution in [0.2, 0.25) is 0 Å². The van der Waals surface area contributed by atoms with Gasteiger partial charge in [-0.1, -0.05) is 38.5 Å². The molecule has 2 aliphatic heterocycles. The molecule has 54 heavy (non-hydrogen) atoms. The molecule has 270 valence electrons. The van der Waals surface area contributed by atoms with Gasteiger partial charge in [-0.3, -0.25) is 29.0 Å². The highest BCUT2D eigenvalue weighted by Crippen LogP contribution is 2.64. The van der Waals surface area contributed by atoms with E-state index in [1.165, 1.54) is 70.1 Å². The maximum atomic E-state index is 13.3. The number of hydrogen-bond acceptors (Lipinski definition) is 6. The number of thiophene rings is 2. The van der Waals surface area contributed by atoms with Crippen molar-refractivity contribution in [2.75, 3.05) is 14.1 Å². The normalized spacial score (nSPS) is 22.7. The number of hydrogen-bond donors (Lipinski definition) is 0. The first-order valence-corrected chi connectivity index (χ1v) is 20.3. The zero-order valence-corrected chi connectivity index (χ0v) is 32.4. The van der Waals surface area contributed by atoms with Gasteiger partial charge in [-0.2, -0.15) is 0 Å². The van der Waals surface area contributed by atoms with Crippen molar-refractivity contribution >= 4 is 58.5 Å². The Morgan fingerprint density at radius 2 is 0.944 bits per heavy atom. The summed E-state index contributed by atoms with van der Waals surface area (Å²) in [4.78, 5) is 65.5. The Kier molecular flexibility index (Phi) is 7.80. The van der Waals surface area contributed by atoms with Gasteiger partial charge in [0.05, 0.1) is 13.1 Å². The van der Waals surface area contributed by atoms with E-state index in [0.717, 1.165) is 70.9 Å². The van der Waals surface area contributed by atoms with Gasteiger partial charge in [-0.05, 0) is 120 Å². The molecule has 2 fully saturated rings. The molecule has 2 saturated carbocycles. The second-order valence-electron chi connectivity index (χ2n) is 15.6. The molecule has 3 aromatic rings. The van der Waals surface area contributed by atoms with Crippen LogP contribution in [0.4, 0.5) is 0 Å². The third-order valence-corrected chi connectivity index (χ3v) is 15.3. The summed E-state index contributed by atoms with van der Waals surface area (Å²) >= 11 is 3.42. The van der Waals surface area contributed by atoms with Crippen molar-refractivity contribution in [1.82, 2.24) is 9.80 Å². The standard InChI is InChI=1S/C44H38N4O4S2/c1-23-27(39(49)47(5)41(51)35(23)45-3)17-25-19-33-37(53-25)29-21-32-30(22-31(29)43(33)13-9-7-10-14-43)38-34(44(32)15-11-8-12-16-44)20-26(54-38)18-28-24(2)36(46-4)42(52)48(6)40(28)50/h17-22H,7-16H2,1-2,5-6H3/b27-17-,28-18+. The summed E-state index contributed by atoms with van der Waals surface area (Å²) in [6.45, 7) is 18.6. The molecule has 4 amide bonds. The highest BCUT2D eigenvalue weighted by atomic mass is 32.1. The van der Waals surface area contributed by atoms with Gasteiger partial charge in [0.2, 0.25) is 0 Å². The molecule has 2 aromatic heterocycles. The number of imide groups is 2. The van der Waals surface area contributed by atoms with Gasteiger partial charge in [0.15, 0.2) is 0 Å². The molecular formula is C44H38N4O4S2. The summed E-state index contributed by atoms with van der Waals surface area (Å²) in [6, 6.07) is 9.53.